The van der Waals surface area contributed by atoms with Crippen molar-refractivity contribution in [3.05, 3.63) is 47.0 Å². The second-order valence-electron chi connectivity index (χ2n) is 8.09. The summed E-state index contributed by atoms with van der Waals surface area (Å²) in [5.41, 5.74) is 0.799. The van der Waals surface area contributed by atoms with Crippen molar-refractivity contribution in [1.82, 2.24) is 15.2 Å². The van der Waals surface area contributed by atoms with Crippen molar-refractivity contribution in [3.8, 4) is 11.5 Å². The van der Waals surface area contributed by atoms with Gasteiger partial charge in [0.2, 0.25) is 5.91 Å². The quantitative estimate of drug-likeness (QED) is 0.614. The van der Waals surface area contributed by atoms with Crippen molar-refractivity contribution in [3.63, 3.8) is 0 Å². The molecule has 2 aliphatic rings. The highest BCUT2D eigenvalue weighted by Gasteiger charge is 2.43. The van der Waals surface area contributed by atoms with Gasteiger partial charge in [0.1, 0.15) is 11.5 Å². The average molecular weight is 467 g/mol. The number of fused-ring (bicyclic) bond motifs is 2. The maximum Gasteiger partial charge on any atom is 0.282 e. The number of nitrogens with zero attached hydrogens (tertiary/aromatic N) is 2. The van der Waals surface area contributed by atoms with E-state index < -0.39 is 5.72 Å². The van der Waals surface area contributed by atoms with Crippen LogP contribution in [0.3, 0.4) is 0 Å². The van der Waals surface area contributed by atoms with Crippen molar-refractivity contribution in [1.29, 1.82) is 0 Å². The summed E-state index contributed by atoms with van der Waals surface area (Å²) in [5, 5.41) is 6.06. The average Bonchev–Trinajstić information content (AvgIpc) is 3.22. The molecular formula is C23H22N4O5S. The predicted molar refractivity (Wildman–Crippen MR) is 123 cm³/mol. The van der Waals surface area contributed by atoms with Gasteiger partial charge in [-0.15, -0.1) is 11.3 Å². The van der Waals surface area contributed by atoms with Gasteiger partial charge in [0.25, 0.3) is 11.8 Å². The van der Waals surface area contributed by atoms with E-state index in [1.165, 1.54) is 18.3 Å². The number of carbonyl (C=O) groups is 3. The van der Waals surface area contributed by atoms with E-state index in [0.717, 1.165) is 16.0 Å². The Balaban J connectivity index is 1.29. The molecule has 1 saturated heterocycles. The van der Waals surface area contributed by atoms with Crippen LogP contribution in [0.15, 0.2) is 36.4 Å². The molecule has 0 atom stereocenters. The summed E-state index contributed by atoms with van der Waals surface area (Å²) in [6.45, 7) is 2.26. The van der Waals surface area contributed by atoms with Crippen LogP contribution in [-0.2, 0) is 4.79 Å². The second kappa shape index (κ2) is 8.04. The van der Waals surface area contributed by atoms with Crippen molar-refractivity contribution in [2.24, 2.45) is 0 Å². The highest BCUT2D eigenvalue weighted by atomic mass is 32.1. The summed E-state index contributed by atoms with van der Waals surface area (Å²) in [6, 6.07) is 10.5. The smallest absolute Gasteiger partial charge is 0.282 e. The first-order valence-corrected chi connectivity index (χ1v) is 11.3. The summed E-state index contributed by atoms with van der Waals surface area (Å²) < 4.78 is 12.3. The molecule has 2 aromatic carbocycles. The molecule has 33 heavy (non-hydrogen) atoms. The Morgan fingerprint density at radius 3 is 2.73 bits per heavy atom. The van der Waals surface area contributed by atoms with E-state index in [1.807, 2.05) is 18.2 Å². The van der Waals surface area contributed by atoms with Crippen molar-refractivity contribution >= 4 is 45.0 Å². The summed E-state index contributed by atoms with van der Waals surface area (Å²) >= 11 is 1.34. The first kappa shape index (κ1) is 21.2. The molecule has 3 aromatic rings. The van der Waals surface area contributed by atoms with Gasteiger partial charge >= 0.3 is 0 Å². The monoisotopic (exact) mass is 466 g/mol. The number of benzene rings is 2. The first-order valence-electron chi connectivity index (χ1n) is 10.5. The van der Waals surface area contributed by atoms with Crippen LogP contribution in [0.4, 0.5) is 5.69 Å². The molecule has 3 heterocycles. The molecule has 1 spiro atoms. The van der Waals surface area contributed by atoms with E-state index in [0.29, 0.717) is 47.9 Å². The maximum absolute atomic E-state index is 13.1. The zero-order valence-corrected chi connectivity index (χ0v) is 19.0. The summed E-state index contributed by atoms with van der Waals surface area (Å²) in [5.74, 6) is 0.580. The Bertz CT molecular complexity index is 1280. The number of anilines is 1. The van der Waals surface area contributed by atoms with E-state index >= 15 is 0 Å². The number of amides is 3. The van der Waals surface area contributed by atoms with Crippen molar-refractivity contribution < 1.29 is 23.9 Å². The molecule has 2 aliphatic heterocycles. The Labute approximate surface area is 193 Å². The van der Waals surface area contributed by atoms with E-state index in [2.05, 4.69) is 15.6 Å². The molecule has 0 saturated carbocycles. The van der Waals surface area contributed by atoms with Crippen molar-refractivity contribution in [2.75, 3.05) is 25.5 Å². The largest absolute Gasteiger partial charge is 0.497 e. The number of hydrogen-bond donors (Lipinski definition) is 2. The Morgan fingerprint density at radius 1 is 1.21 bits per heavy atom. The second-order valence-corrected chi connectivity index (χ2v) is 9.12. The number of rotatable bonds is 3. The van der Waals surface area contributed by atoms with Gasteiger partial charge in [0.05, 0.1) is 22.9 Å². The predicted octanol–water partition coefficient (Wildman–Crippen LogP) is 3.02. The first-order chi connectivity index (χ1) is 15.9. The minimum Gasteiger partial charge on any atom is -0.497 e. The SMILES string of the molecule is COc1ccc2nc(C(=O)N3CCC4(CC3)NC(=O)c3cc(NC(C)=O)ccc3O4)sc2c1. The number of likely N-dealkylation sites (tertiary alicyclic amines) is 1. The number of nitrogens with one attached hydrogen (secondary N) is 2. The third kappa shape index (κ3) is 3.97. The number of carbonyl (C=O) groups excluding carboxylic acids is 3. The number of ether oxygens (including phenoxy) is 2. The lowest BCUT2D eigenvalue weighted by Crippen LogP contribution is -2.61. The van der Waals surface area contributed by atoms with Crippen LogP contribution in [0, 0.1) is 0 Å². The van der Waals surface area contributed by atoms with Crippen LogP contribution in [-0.4, -0.2) is 53.5 Å². The molecule has 3 amide bonds. The van der Waals surface area contributed by atoms with Crippen LogP contribution in [0.2, 0.25) is 0 Å². The molecule has 1 fully saturated rings. The molecule has 0 radical (unpaired) electrons. The van der Waals surface area contributed by atoms with Crippen LogP contribution >= 0.6 is 11.3 Å². The number of hydrogen-bond acceptors (Lipinski definition) is 7. The van der Waals surface area contributed by atoms with Crippen LogP contribution in [0.5, 0.6) is 11.5 Å². The summed E-state index contributed by atoms with van der Waals surface area (Å²) in [7, 11) is 1.60. The van der Waals surface area contributed by atoms with Crippen molar-refractivity contribution in [2.45, 2.75) is 25.5 Å². The van der Waals surface area contributed by atoms with Gasteiger partial charge in [0.15, 0.2) is 10.7 Å². The minimum atomic E-state index is -0.864. The molecule has 0 unspecified atom stereocenters. The van der Waals surface area contributed by atoms with E-state index in [9.17, 15) is 14.4 Å². The Hall–Kier alpha value is -3.66. The molecule has 0 aliphatic carbocycles. The van der Waals surface area contributed by atoms with Crippen LogP contribution < -0.4 is 20.1 Å². The molecule has 2 N–H and O–H groups in total. The van der Waals surface area contributed by atoms with Gasteiger partial charge in [-0.3, -0.25) is 14.4 Å². The molecular weight excluding hydrogens is 444 g/mol. The molecule has 170 valence electrons. The number of piperidine rings is 1. The highest BCUT2D eigenvalue weighted by Crippen LogP contribution is 2.35. The lowest BCUT2D eigenvalue weighted by molar-refractivity contribution is -0.114. The summed E-state index contributed by atoms with van der Waals surface area (Å²) in [4.78, 5) is 43.4. The molecule has 0 bridgehead atoms. The van der Waals surface area contributed by atoms with Gasteiger partial charge in [-0.25, -0.2) is 4.98 Å². The fourth-order valence-electron chi connectivity index (χ4n) is 4.14. The zero-order valence-electron chi connectivity index (χ0n) is 18.1. The molecule has 10 heteroatoms. The lowest BCUT2D eigenvalue weighted by Gasteiger charge is -2.44. The van der Waals surface area contributed by atoms with Gasteiger partial charge < -0.3 is 25.0 Å². The van der Waals surface area contributed by atoms with Gasteiger partial charge in [-0.2, -0.15) is 0 Å². The molecule has 5 rings (SSSR count). The van der Waals surface area contributed by atoms with Gasteiger partial charge in [-0.1, -0.05) is 0 Å². The van der Waals surface area contributed by atoms with Crippen LogP contribution in [0.25, 0.3) is 10.2 Å². The highest BCUT2D eigenvalue weighted by molar-refractivity contribution is 7.20. The minimum absolute atomic E-state index is 0.132. The van der Waals surface area contributed by atoms with Gasteiger partial charge in [-0.05, 0) is 36.4 Å². The van der Waals surface area contributed by atoms with E-state index in [1.54, 1.807) is 30.2 Å². The fraction of sp³-hybridized carbons (Fsp3) is 0.304. The number of aromatic nitrogens is 1. The standard InChI is InChI=1S/C23H22N4O5S/c1-13(28)24-14-3-6-18-16(11-14)20(29)26-23(32-18)7-9-27(10-8-23)22(30)21-25-17-5-4-15(31-2)12-19(17)33-21/h3-6,11-12H,7-10H2,1-2H3,(H,24,28)(H,26,29). The van der Waals surface area contributed by atoms with Crippen LogP contribution in [0.1, 0.15) is 39.9 Å². The van der Waals surface area contributed by atoms with Gasteiger partial charge in [0, 0.05) is 38.5 Å². The third-order valence-electron chi connectivity index (χ3n) is 5.83. The Morgan fingerprint density at radius 2 is 2.00 bits per heavy atom. The zero-order chi connectivity index (χ0) is 23.2. The molecule has 1 aromatic heterocycles. The topological polar surface area (TPSA) is 110 Å². The molecule has 9 nitrogen and oxygen atoms in total. The maximum atomic E-state index is 13.1. The third-order valence-corrected chi connectivity index (χ3v) is 6.83. The number of thiazole rings is 1. The van der Waals surface area contributed by atoms with E-state index in [4.69, 9.17) is 9.47 Å². The summed E-state index contributed by atoms with van der Waals surface area (Å²) in [6.07, 6.45) is 0.909. The lowest BCUT2D eigenvalue weighted by atomic mass is 9.96. The number of methoxy groups -OCH3 is 1. The Kier molecular flexibility index (Phi) is 5.16. The fourth-order valence-corrected chi connectivity index (χ4v) is 5.11. The van der Waals surface area contributed by atoms with E-state index in [-0.39, 0.29) is 17.7 Å². The normalized spacial score (nSPS) is 16.7.